The number of primary amides is 1. The number of carbonyl (C=O) groups is 2. The summed E-state index contributed by atoms with van der Waals surface area (Å²) >= 11 is 0. The van der Waals surface area contributed by atoms with Crippen molar-refractivity contribution in [3.05, 3.63) is 35.9 Å². The lowest BCUT2D eigenvalue weighted by atomic mass is 10.1. The Morgan fingerprint density at radius 2 is 1.83 bits per heavy atom. The maximum atomic E-state index is 12.2. The second-order valence-corrected chi connectivity index (χ2v) is 5.78. The first kappa shape index (κ1) is 17.2. The molecule has 1 heterocycles. The zero-order valence-corrected chi connectivity index (χ0v) is 13.3. The normalized spacial score (nSPS) is 18.3. The molecule has 0 radical (unpaired) electrons. The number of amides is 3. The molecular weight excluding hydrogens is 296 g/mol. The van der Waals surface area contributed by atoms with Crippen LogP contribution in [0, 0.1) is 0 Å². The summed E-state index contributed by atoms with van der Waals surface area (Å²) in [6.45, 7) is 4.70. The molecular formula is C16H24N4O3. The summed E-state index contributed by atoms with van der Waals surface area (Å²) in [4.78, 5) is 26.8. The molecule has 1 aliphatic heterocycles. The molecule has 0 aromatic heterocycles. The van der Waals surface area contributed by atoms with Crippen LogP contribution in [-0.2, 0) is 4.79 Å². The monoisotopic (exact) mass is 320 g/mol. The molecule has 3 amide bonds. The van der Waals surface area contributed by atoms with Crippen LogP contribution in [0.1, 0.15) is 18.6 Å². The predicted octanol–water partition coefficient (Wildman–Crippen LogP) is -0.0790. The molecule has 0 aliphatic carbocycles. The number of benzene rings is 1. The zero-order valence-electron chi connectivity index (χ0n) is 13.3. The lowest BCUT2D eigenvalue weighted by Gasteiger charge is -2.36. The lowest BCUT2D eigenvalue weighted by molar-refractivity contribution is -0.134. The van der Waals surface area contributed by atoms with Crippen LogP contribution in [0.25, 0.3) is 0 Å². The summed E-state index contributed by atoms with van der Waals surface area (Å²) in [6.07, 6.45) is -0.533. The van der Waals surface area contributed by atoms with E-state index in [1.54, 1.807) is 11.8 Å². The van der Waals surface area contributed by atoms with Crippen molar-refractivity contribution < 1.29 is 14.7 Å². The standard InChI is InChI=1S/C16H24N4O3/c1-12(18-16(17)23)15(22)20-9-7-19(8-10-20)11-14(21)13-5-3-2-4-6-13/h2-6,12,14,21H,7-11H2,1H3,(H3,17,18,23)/t12-,14+/m1/s1. The first-order chi connectivity index (χ1) is 11.0. The van der Waals surface area contributed by atoms with Gasteiger partial charge in [-0.2, -0.15) is 0 Å². The molecule has 1 aliphatic rings. The fourth-order valence-corrected chi connectivity index (χ4v) is 2.72. The minimum Gasteiger partial charge on any atom is -0.387 e. The summed E-state index contributed by atoms with van der Waals surface area (Å²) in [5.74, 6) is -0.132. The van der Waals surface area contributed by atoms with E-state index >= 15 is 0 Å². The second kappa shape index (κ2) is 7.94. The number of aliphatic hydroxyl groups excluding tert-OH is 1. The van der Waals surface area contributed by atoms with E-state index in [4.69, 9.17) is 5.73 Å². The summed E-state index contributed by atoms with van der Waals surface area (Å²) in [5, 5.41) is 12.7. The smallest absolute Gasteiger partial charge is 0.312 e. The van der Waals surface area contributed by atoms with Gasteiger partial charge < -0.3 is 21.1 Å². The van der Waals surface area contributed by atoms with Crippen molar-refractivity contribution in [2.24, 2.45) is 5.73 Å². The highest BCUT2D eigenvalue weighted by Gasteiger charge is 2.26. The van der Waals surface area contributed by atoms with Crippen molar-refractivity contribution >= 4 is 11.9 Å². The molecule has 1 aromatic rings. The van der Waals surface area contributed by atoms with Gasteiger partial charge in [0.1, 0.15) is 6.04 Å². The van der Waals surface area contributed by atoms with Gasteiger partial charge >= 0.3 is 6.03 Å². The minimum absolute atomic E-state index is 0.132. The molecule has 1 fully saturated rings. The molecule has 0 spiro atoms. The van der Waals surface area contributed by atoms with Gasteiger partial charge in [0, 0.05) is 32.7 Å². The number of piperazine rings is 1. The molecule has 0 saturated carbocycles. The Balaban J connectivity index is 1.79. The highest BCUT2D eigenvalue weighted by molar-refractivity contribution is 5.86. The van der Waals surface area contributed by atoms with Crippen LogP contribution in [-0.4, -0.2) is 65.6 Å². The quantitative estimate of drug-likeness (QED) is 0.707. The van der Waals surface area contributed by atoms with Crippen LogP contribution >= 0.6 is 0 Å². The number of hydrogen-bond donors (Lipinski definition) is 3. The largest absolute Gasteiger partial charge is 0.387 e. The molecule has 2 atom stereocenters. The summed E-state index contributed by atoms with van der Waals surface area (Å²) in [6, 6.07) is 8.22. The third kappa shape index (κ3) is 4.94. The molecule has 4 N–H and O–H groups in total. The van der Waals surface area contributed by atoms with E-state index in [1.807, 2.05) is 30.3 Å². The Hall–Kier alpha value is -2.12. The number of nitrogens with two attached hydrogens (primary N) is 1. The van der Waals surface area contributed by atoms with E-state index in [-0.39, 0.29) is 5.91 Å². The molecule has 7 nitrogen and oxygen atoms in total. The highest BCUT2D eigenvalue weighted by atomic mass is 16.3. The fourth-order valence-electron chi connectivity index (χ4n) is 2.72. The topological polar surface area (TPSA) is 98.9 Å². The average Bonchev–Trinajstić information content (AvgIpc) is 2.55. The Bertz CT molecular complexity index is 529. The number of rotatable bonds is 5. The van der Waals surface area contributed by atoms with Gasteiger partial charge in [-0.1, -0.05) is 30.3 Å². The van der Waals surface area contributed by atoms with Crippen LogP contribution in [0.3, 0.4) is 0 Å². The molecule has 126 valence electrons. The molecule has 1 saturated heterocycles. The third-order valence-electron chi connectivity index (χ3n) is 4.03. The number of nitrogens with zero attached hydrogens (tertiary/aromatic N) is 2. The summed E-state index contributed by atoms with van der Waals surface area (Å²) in [5.41, 5.74) is 5.93. The number of nitrogens with one attached hydrogen (secondary N) is 1. The summed E-state index contributed by atoms with van der Waals surface area (Å²) < 4.78 is 0. The zero-order chi connectivity index (χ0) is 16.8. The van der Waals surface area contributed by atoms with E-state index in [0.29, 0.717) is 32.7 Å². The number of hydrogen-bond acceptors (Lipinski definition) is 4. The van der Waals surface area contributed by atoms with E-state index in [0.717, 1.165) is 5.56 Å². The van der Waals surface area contributed by atoms with Gasteiger partial charge in [-0.15, -0.1) is 0 Å². The van der Waals surface area contributed by atoms with Gasteiger partial charge in [0.2, 0.25) is 5.91 Å². The van der Waals surface area contributed by atoms with Crippen LogP contribution < -0.4 is 11.1 Å². The van der Waals surface area contributed by atoms with Gasteiger partial charge in [0.05, 0.1) is 6.10 Å². The first-order valence-corrected chi connectivity index (χ1v) is 7.77. The van der Waals surface area contributed by atoms with Gasteiger partial charge in [-0.25, -0.2) is 4.79 Å². The number of carbonyl (C=O) groups excluding carboxylic acids is 2. The highest BCUT2D eigenvalue weighted by Crippen LogP contribution is 2.15. The number of β-amino-alcohol motifs (C(OH)–C–C–N with tert-alkyl or cyclic N) is 1. The average molecular weight is 320 g/mol. The molecule has 0 bridgehead atoms. The van der Waals surface area contributed by atoms with Gasteiger partial charge in [0.25, 0.3) is 0 Å². The molecule has 1 aromatic carbocycles. The van der Waals surface area contributed by atoms with Gasteiger partial charge in [-0.3, -0.25) is 9.69 Å². The Morgan fingerprint density at radius 1 is 1.22 bits per heavy atom. The lowest BCUT2D eigenvalue weighted by Crippen LogP contribution is -2.55. The number of aliphatic hydroxyl groups is 1. The SMILES string of the molecule is C[C@@H](NC(N)=O)C(=O)N1CCN(C[C@H](O)c2ccccc2)CC1. The fraction of sp³-hybridized carbons (Fsp3) is 0.500. The Labute approximate surface area is 136 Å². The molecule has 2 rings (SSSR count). The van der Waals surface area contributed by atoms with E-state index in [1.165, 1.54) is 0 Å². The third-order valence-corrected chi connectivity index (χ3v) is 4.03. The van der Waals surface area contributed by atoms with Crippen molar-refractivity contribution in [3.63, 3.8) is 0 Å². The van der Waals surface area contributed by atoms with Crippen molar-refractivity contribution in [1.29, 1.82) is 0 Å². The van der Waals surface area contributed by atoms with Crippen molar-refractivity contribution in [1.82, 2.24) is 15.1 Å². The van der Waals surface area contributed by atoms with E-state index in [9.17, 15) is 14.7 Å². The summed E-state index contributed by atoms with van der Waals surface area (Å²) in [7, 11) is 0. The van der Waals surface area contributed by atoms with E-state index in [2.05, 4.69) is 10.2 Å². The molecule has 23 heavy (non-hydrogen) atoms. The van der Waals surface area contributed by atoms with Crippen LogP contribution in [0.2, 0.25) is 0 Å². The van der Waals surface area contributed by atoms with Crippen LogP contribution in [0.4, 0.5) is 4.79 Å². The van der Waals surface area contributed by atoms with Crippen LogP contribution in [0.15, 0.2) is 30.3 Å². The maximum Gasteiger partial charge on any atom is 0.312 e. The van der Waals surface area contributed by atoms with Crippen molar-refractivity contribution in [2.75, 3.05) is 32.7 Å². The Kier molecular flexibility index (Phi) is 5.95. The predicted molar refractivity (Wildman–Crippen MR) is 86.6 cm³/mol. The first-order valence-electron chi connectivity index (χ1n) is 7.77. The van der Waals surface area contributed by atoms with Gasteiger partial charge in [-0.05, 0) is 12.5 Å². The van der Waals surface area contributed by atoms with Crippen LogP contribution in [0.5, 0.6) is 0 Å². The number of urea groups is 1. The maximum absolute atomic E-state index is 12.2. The minimum atomic E-state index is -0.699. The second-order valence-electron chi connectivity index (χ2n) is 5.78. The molecule has 0 unspecified atom stereocenters. The van der Waals surface area contributed by atoms with Crippen molar-refractivity contribution in [2.45, 2.75) is 19.1 Å². The van der Waals surface area contributed by atoms with E-state index < -0.39 is 18.2 Å². The molecule has 7 heteroatoms. The van der Waals surface area contributed by atoms with Gasteiger partial charge in [0.15, 0.2) is 0 Å². The Morgan fingerprint density at radius 3 is 2.39 bits per heavy atom. The van der Waals surface area contributed by atoms with Crippen molar-refractivity contribution in [3.8, 4) is 0 Å².